The largest absolute Gasteiger partial charge is 0.493 e. The van der Waals surface area contributed by atoms with E-state index in [4.69, 9.17) is 4.99 Å². The lowest BCUT2D eigenvalue weighted by atomic mass is 9.95. The molecule has 1 aliphatic carbocycles. The summed E-state index contributed by atoms with van der Waals surface area (Å²) in [5.41, 5.74) is 3.87. The van der Waals surface area contributed by atoms with Crippen LogP contribution in [0.25, 0.3) is 11.6 Å². The second-order valence-corrected chi connectivity index (χ2v) is 8.44. The zero-order valence-corrected chi connectivity index (χ0v) is 16.8. The van der Waals surface area contributed by atoms with Crippen molar-refractivity contribution in [1.82, 2.24) is 9.55 Å². The van der Waals surface area contributed by atoms with Gasteiger partial charge in [-0.25, -0.2) is 4.99 Å². The Hall–Kier alpha value is -2.99. The lowest BCUT2D eigenvalue weighted by Gasteiger charge is -2.23. The van der Waals surface area contributed by atoms with E-state index in [-0.39, 0.29) is 6.04 Å². The van der Waals surface area contributed by atoms with Crippen LogP contribution in [0.4, 0.5) is 11.4 Å². The van der Waals surface area contributed by atoms with E-state index in [0.717, 1.165) is 45.0 Å². The number of rotatable bonds is 3. The normalized spacial score (nSPS) is 18.5. The van der Waals surface area contributed by atoms with Crippen LogP contribution in [0, 0.1) is 0 Å². The standard InChI is InChI=1S/C23H22N4OS/c28-22-21(13-16-14-25-20-11-5-4-10-19(16)20)29-23(26-17-7-6-12-24-15-17)27(22)18-8-2-1-3-9-18/h4-7,10-15,18,28H,1-3,8-9H2/b16-13+,26-23?. The van der Waals surface area contributed by atoms with Gasteiger partial charge in [0.15, 0.2) is 4.80 Å². The van der Waals surface area contributed by atoms with Gasteiger partial charge < -0.3 is 5.11 Å². The van der Waals surface area contributed by atoms with Crippen molar-refractivity contribution in [2.75, 3.05) is 0 Å². The topological polar surface area (TPSA) is 62.8 Å². The molecule has 3 heterocycles. The van der Waals surface area contributed by atoms with Crippen molar-refractivity contribution in [3.63, 3.8) is 0 Å². The van der Waals surface area contributed by atoms with E-state index in [9.17, 15) is 5.11 Å². The van der Waals surface area contributed by atoms with E-state index in [2.05, 4.69) is 16.0 Å². The zero-order chi connectivity index (χ0) is 19.6. The van der Waals surface area contributed by atoms with Gasteiger partial charge in [-0.1, -0.05) is 48.8 Å². The molecule has 1 saturated carbocycles. The number of hydrogen-bond acceptors (Lipinski definition) is 5. The maximum atomic E-state index is 11.2. The van der Waals surface area contributed by atoms with E-state index in [1.54, 1.807) is 12.4 Å². The van der Waals surface area contributed by atoms with Crippen molar-refractivity contribution >= 4 is 40.6 Å². The summed E-state index contributed by atoms with van der Waals surface area (Å²) in [6.07, 6.45) is 13.2. The third-order valence-corrected chi connectivity index (χ3v) is 6.50. The minimum atomic E-state index is 0.284. The lowest BCUT2D eigenvalue weighted by Crippen LogP contribution is -2.22. The number of para-hydroxylation sites is 1. The highest BCUT2D eigenvalue weighted by Crippen LogP contribution is 2.37. The van der Waals surface area contributed by atoms with Gasteiger partial charge in [0.05, 0.1) is 22.4 Å². The first-order chi connectivity index (χ1) is 14.3. The Bertz CT molecular complexity index is 1150. The van der Waals surface area contributed by atoms with Crippen LogP contribution in [-0.2, 0) is 0 Å². The number of pyridine rings is 1. The van der Waals surface area contributed by atoms with Crippen LogP contribution >= 0.6 is 11.3 Å². The second kappa shape index (κ2) is 7.79. The predicted molar refractivity (Wildman–Crippen MR) is 118 cm³/mol. The maximum Gasteiger partial charge on any atom is 0.211 e. The van der Waals surface area contributed by atoms with Crippen LogP contribution < -0.4 is 4.80 Å². The van der Waals surface area contributed by atoms with Crippen molar-refractivity contribution in [1.29, 1.82) is 0 Å². The van der Waals surface area contributed by atoms with Gasteiger partial charge in [0.1, 0.15) is 0 Å². The zero-order valence-electron chi connectivity index (χ0n) is 16.0. The Kier molecular flexibility index (Phi) is 4.86. The summed E-state index contributed by atoms with van der Waals surface area (Å²) in [7, 11) is 0. The van der Waals surface area contributed by atoms with Crippen molar-refractivity contribution in [3.8, 4) is 5.88 Å². The smallest absolute Gasteiger partial charge is 0.211 e. The van der Waals surface area contributed by atoms with Gasteiger partial charge in [0.2, 0.25) is 5.88 Å². The molecule has 0 amide bonds. The SMILES string of the molecule is Oc1c(/C=C2\C=Nc3ccccc32)sc(=Nc2cccnc2)n1C1CCCCC1. The molecule has 146 valence electrons. The van der Waals surface area contributed by atoms with Gasteiger partial charge in [0.25, 0.3) is 0 Å². The van der Waals surface area contributed by atoms with E-state index in [0.29, 0.717) is 5.88 Å². The molecular formula is C23H22N4OS. The number of aromatic hydroxyl groups is 1. The van der Waals surface area contributed by atoms with Crippen molar-refractivity contribution in [3.05, 3.63) is 64.0 Å². The molecule has 29 heavy (non-hydrogen) atoms. The summed E-state index contributed by atoms with van der Waals surface area (Å²) in [6.45, 7) is 0. The number of allylic oxidation sites excluding steroid dienone is 1. The number of aliphatic imine (C=N–C) groups is 1. The average Bonchev–Trinajstić information content (AvgIpc) is 3.31. The van der Waals surface area contributed by atoms with Gasteiger partial charge in [-0.2, -0.15) is 0 Å². The molecular weight excluding hydrogens is 380 g/mol. The first kappa shape index (κ1) is 18.1. The Balaban J connectivity index is 1.63. The summed E-state index contributed by atoms with van der Waals surface area (Å²) >= 11 is 1.52. The summed E-state index contributed by atoms with van der Waals surface area (Å²) in [6, 6.07) is 12.2. The fourth-order valence-electron chi connectivity index (χ4n) is 4.07. The van der Waals surface area contributed by atoms with E-state index < -0.39 is 0 Å². The number of fused-ring (bicyclic) bond motifs is 1. The van der Waals surface area contributed by atoms with Crippen molar-refractivity contribution in [2.24, 2.45) is 9.98 Å². The highest BCUT2D eigenvalue weighted by atomic mass is 32.1. The monoisotopic (exact) mass is 402 g/mol. The first-order valence-electron chi connectivity index (χ1n) is 10.0. The summed E-state index contributed by atoms with van der Waals surface area (Å²) in [4.78, 5) is 15.1. The number of benzene rings is 1. The molecule has 6 heteroatoms. The van der Waals surface area contributed by atoms with Gasteiger partial charge in [-0.05, 0) is 37.1 Å². The fourth-order valence-corrected chi connectivity index (χ4v) is 5.12. The molecule has 2 aromatic heterocycles. The summed E-state index contributed by atoms with van der Waals surface area (Å²) in [5, 5.41) is 11.2. The Labute approximate surface area is 173 Å². The number of hydrogen-bond donors (Lipinski definition) is 1. The predicted octanol–water partition coefficient (Wildman–Crippen LogP) is 5.64. The Morgan fingerprint density at radius 2 is 1.97 bits per heavy atom. The van der Waals surface area contributed by atoms with Crippen LogP contribution in [0.3, 0.4) is 0 Å². The molecule has 0 saturated heterocycles. The molecule has 5 rings (SSSR count). The second-order valence-electron chi connectivity index (χ2n) is 7.43. The molecule has 0 bridgehead atoms. The number of thiazole rings is 1. The van der Waals surface area contributed by atoms with Gasteiger partial charge >= 0.3 is 0 Å². The first-order valence-corrected chi connectivity index (χ1v) is 10.9. The fraction of sp³-hybridized carbons (Fsp3) is 0.261. The molecule has 2 aliphatic rings. The molecule has 0 spiro atoms. The summed E-state index contributed by atoms with van der Waals surface area (Å²) in [5.74, 6) is 0.301. The molecule has 1 aliphatic heterocycles. The van der Waals surface area contributed by atoms with Gasteiger partial charge in [-0.3, -0.25) is 14.5 Å². The van der Waals surface area contributed by atoms with Crippen LogP contribution in [0.5, 0.6) is 5.88 Å². The molecule has 0 atom stereocenters. The summed E-state index contributed by atoms with van der Waals surface area (Å²) < 4.78 is 2.03. The highest BCUT2D eigenvalue weighted by molar-refractivity contribution is 7.10. The van der Waals surface area contributed by atoms with E-state index >= 15 is 0 Å². The maximum absolute atomic E-state index is 11.2. The molecule has 0 unspecified atom stereocenters. The number of nitrogens with zero attached hydrogens (tertiary/aromatic N) is 4. The Morgan fingerprint density at radius 3 is 2.79 bits per heavy atom. The molecule has 1 fully saturated rings. The lowest BCUT2D eigenvalue weighted by molar-refractivity contribution is 0.307. The van der Waals surface area contributed by atoms with Crippen LogP contribution in [-0.4, -0.2) is 20.9 Å². The quantitative estimate of drug-likeness (QED) is 0.616. The van der Waals surface area contributed by atoms with Crippen molar-refractivity contribution in [2.45, 2.75) is 38.1 Å². The molecule has 0 radical (unpaired) electrons. The third kappa shape index (κ3) is 3.56. The van der Waals surface area contributed by atoms with Gasteiger partial charge in [-0.15, -0.1) is 0 Å². The highest BCUT2D eigenvalue weighted by Gasteiger charge is 2.23. The van der Waals surface area contributed by atoms with E-state index in [1.807, 2.05) is 47.2 Å². The van der Waals surface area contributed by atoms with E-state index in [1.165, 1.54) is 30.6 Å². The Morgan fingerprint density at radius 1 is 1.10 bits per heavy atom. The third-order valence-electron chi connectivity index (χ3n) is 5.51. The van der Waals surface area contributed by atoms with Crippen molar-refractivity contribution < 1.29 is 5.11 Å². The minimum Gasteiger partial charge on any atom is -0.493 e. The average molecular weight is 403 g/mol. The molecule has 1 aromatic carbocycles. The van der Waals surface area contributed by atoms with Crippen LogP contribution in [0.1, 0.15) is 48.6 Å². The molecule has 3 aromatic rings. The number of aromatic nitrogens is 2. The molecule has 1 N–H and O–H groups in total. The molecule has 5 nitrogen and oxygen atoms in total. The van der Waals surface area contributed by atoms with Crippen LogP contribution in [0.15, 0.2) is 58.8 Å². The van der Waals surface area contributed by atoms with Crippen LogP contribution in [0.2, 0.25) is 0 Å². The van der Waals surface area contributed by atoms with Gasteiger partial charge in [0, 0.05) is 29.6 Å². The minimum absolute atomic E-state index is 0.284.